The highest BCUT2D eigenvalue weighted by atomic mass is 16.7. The minimum Gasteiger partial charge on any atom is -0.438 e. The summed E-state index contributed by atoms with van der Waals surface area (Å²) in [5.41, 5.74) is 1.15. The number of benzene rings is 1. The van der Waals surface area contributed by atoms with Crippen LogP contribution in [0.2, 0.25) is 0 Å². The Morgan fingerprint density at radius 1 is 1.38 bits per heavy atom. The molecule has 85 valence electrons. The minimum atomic E-state index is -0.670. The third-order valence-corrected chi connectivity index (χ3v) is 2.70. The predicted octanol–water partition coefficient (Wildman–Crippen LogP) is 1.89. The first-order valence-corrected chi connectivity index (χ1v) is 5.27. The summed E-state index contributed by atoms with van der Waals surface area (Å²) in [4.78, 5) is 11.0. The molecule has 4 nitrogen and oxygen atoms in total. The van der Waals surface area contributed by atoms with Crippen molar-refractivity contribution in [3.63, 3.8) is 0 Å². The van der Waals surface area contributed by atoms with Crippen molar-refractivity contribution < 1.29 is 14.3 Å². The van der Waals surface area contributed by atoms with Crippen molar-refractivity contribution in [1.82, 2.24) is 5.32 Å². The summed E-state index contributed by atoms with van der Waals surface area (Å²) >= 11 is 0. The zero-order valence-electron chi connectivity index (χ0n) is 9.13. The number of carbonyl (C=O) groups excluding carboxylic acids is 1. The molecule has 0 aromatic heterocycles. The molecule has 0 amide bonds. The Bertz CT molecular complexity index is 353. The maximum Gasteiger partial charge on any atom is 0.509 e. The first kappa shape index (κ1) is 11.0. The van der Waals surface area contributed by atoms with Crippen molar-refractivity contribution in [2.24, 2.45) is 0 Å². The van der Waals surface area contributed by atoms with Gasteiger partial charge in [-0.2, -0.15) is 5.32 Å². The molecule has 1 aliphatic rings. The quantitative estimate of drug-likeness (QED) is 0.715. The number of rotatable bonds is 2. The molecule has 0 spiro atoms. The smallest absolute Gasteiger partial charge is 0.438 e. The van der Waals surface area contributed by atoms with Crippen molar-refractivity contribution in [3.05, 3.63) is 35.9 Å². The molecule has 1 fully saturated rings. The molecular formula is C12H14NO3. The molecule has 0 saturated carbocycles. The van der Waals surface area contributed by atoms with Crippen LogP contribution in [-0.4, -0.2) is 26.0 Å². The van der Waals surface area contributed by atoms with Crippen molar-refractivity contribution in [3.8, 4) is 0 Å². The fourth-order valence-corrected chi connectivity index (χ4v) is 1.91. The van der Waals surface area contributed by atoms with Crippen molar-refractivity contribution in [2.45, 2.75) is 18.6 Å². The van der Waals surface area contributed by atoms with Crippen molar-refractivity contribution in [1.29, 1.82) is 0 Å². The first-order valence-electron chi connectivity index (χ1n) is 5.27. The van der Waals surface area contributed by atoms with Gasteiger partial charge in [-0.05, 0) is 12.0 Å². The molecule has 2 atom stereocenters. The fourth-order valence-electron chi connectivity index (χ4n) is 1.91. The molecule has 1 heterocycles. The van der Waals surface area contributed by atoms with E-state index in [9.17, 15) is 4.79 Å². The van der Waals surface area contributed by atoms with Gasteiger partial charge in [0.2, 0.25) is 0 Å². The van der Waals surface area contributed by atoms with Crippen LogP contribution in [0.1, 0.15) is 17.9 Å². The summed E-state index contributed by atoms with van der Waals surface area (Å²) in [6.07, 6.45) is -0.169. The summed E-state index contributed by atoms with van der Waals surface area (Å²) in [5, 5.41) is 4.26. The molecule has 1 aromatic rings. The summed E-state index contributed by atoms with van der Waals surface area (Å²) in [7, 11) is 1.30. The third-order valence-electron chi connectivity index (χ3n) is 2.70. The Morgan fingerprint density at radius 2 is 2.12 bits per heavy atom. The van der Waals surface area contributed by atoms with E-state index < -0.39 is 12.4 Å². The summed E-state index contributed by atoms with van der Waals surface area (Å²) < 4.78 is 9.57. The molecule has 1 radical (unpaired) electrons. The van der Waals surface area contributed by atoms with E-state index in [4.69, 9.17) is 4.74 Å². The lowest BCUT2D eigenvalue weighted by molar-refractivity contribution is 0.0237. The standard InChI is InChI=1S/C12H14NO3/c1-15-12(14)16-11-10(7-8-13-11)9-5-3-2-4-6-9/h2-6,10-11H,7-8H2,1H3/t10-,11-/m1/s1. The van der Waals surface area contributed by atoms with Gasteiger partial charge >= 0.3 is 6.16 Å². The number of methoxy groups -OCH3 is 1. The van der Waals surface area contributed by atoms with Gasteiger partial charge in [-0.3, -0.25) is 0 Å². The average molecular weight is 220 g/mol. The highest BCUT2D eigenvalue weighted by molar-refractivity contribution is 5.60. The summed E-state index contributed by atoms with van der Waals surface area (Å²) in [6.45, 7) is 0.723. The van der Waals surface area contributed by atoms with Gasteiger partial charge in [-0.15, -0.1) is 0 Å². The van der Waals surface area contributed by atoms with E-state index >= 15 is 0 Å². The topological polar surface area (TPSA) is 49.6 Å². The van der Waals surface area contributed by atoms with Gasteiger partial charge in [0.15, 0.2) is 6.23 Å². The van der Waals surface area contributed by atoms with Crippen LogP contribution in [0.4, 0.5) is 4.79 Å². The second-order valence-electron chi connectivity index (χ2n) is 3.67. The zero-order chi connectivity index (χ0) is 11.4. The molecule has 1 aromatic carbocycles. The summed E-state index contributed by atoms with van der Waals surface area (Å²) in [6, 6.07) is 9.97. The van der Waals surface area contributed by atoms with Crippen molar-refractivity contribution in [2.75, 3.05) is 13.7 Å². The molecular weight excluding hydrogens is 206 g/mol. The van der Waals surface area contributed by atoms with E-state index in [1.54, 1.807) is 0 Å². The van der Waals surface area contributed by atoms with Crippen molar-refractivity contribution >= 4 is 6.16 Å². The normalized spacial score (nSPS) is 24.1. The lowest BCUT2D eigenvalue weighted by Crippen LogP contribution is -2.27. The van der Waals surface area contributed by atoms with Crippen LogP contribution in [0.5, 0.6) is 0 Å². The Hall–Kier alpha value is -1.55. The van der Waals surface area contributed by atoms with E-state index in [0.29, 0.717) is 0 Å². The molecule has 0 unspecified atom stereocenters. The second-order valence-corrected chi connectivity index (χ2v) is 3.67. The number of ether oxygens (including phenoxy) is 2. The first-order chi connectivity index (χ1) is 7.81. The van der Waals surface area contributed by atoms with Gasteiger partial charge < -0.3 is 9.47 Å². The third kappa shape index (κ3) is 2.33. The van der Waals surface area contributed by atoms with Gasteiger partial charge in [0.05, 0.1) is 7.11 Å². The average Bonchev–Trinajstić information content (AvgIpc) is 2.78. The molecule has 4 heteroatoms. The van der Waals surface area contributed by atoms with E-state index in [1.165, 1.54) is 7.11 Å². The number of carbonyl (C=O) groups is 1. The van der Waals surface area contributed by atoms with E-state index in [0.717, 1.165) is 18.5 Å². The van der Waals surface area contributed by atoms with Crippen LogP contribution in [0.15, 0.2) is 30.3 Å². The highest BCUT2D eigenvalue weighted by Gasteiger charge is 2.32. The molecule has 0 N–H and O–H groups in total. The number of hydrogen-bond donors (Lipinski definition) is 0. The van der Waals surface area contributed by atoms with E-state index in [2.05, 4.69) is 10.1 Å². The maximum absolute atomic E-state index is 11.0. The molecule has 1 aliphatic heterocycles. The number of nitrogens with zero attached hydrogens (tertiary/aromatic N) is 1. The Morgan fingerprint density at radius 3 is 2.81 bits per heavy atom. The molecule has 0 bridgehead atoms. The monoisotopic (exact) mass is 220 g/mol. The Labute approximate surface area is 94.6 Å². The van der Waals surface area contributed by atoms with E-state index in [-0.39, 0.29) is 5.92 Å². The lowest BCUT2D eigenvalue weighted by atomic mass is 9.97. The van der Waals surface area contributed by atoms with Gasteiger partial charge in [0, 0.05) is 12.5 Å². The predicted molar refractivity (Wildman–Crippen MR) is 58.1 cm³/mol. The van der Waals surface area contributed by atoms with Crippen LogP contribution >= 0.6 is 0 Å². The minimum absolute atomic E-state index is 0.153. The van der Waals surface area contributed by atoms with Crippen LogP contribution in [0, 0.1) is 0 Å². The van der Waals surface area contributed by atoms with E-state index in [1.807, 2.05) is 30.3 Å². The van der Waals surface area contributed by atoms with Gasteiger partial charge in [0.25, 0.3) is 0 Å². The lowest BCUT2D eigenvalue weighted by Gasteiger charge is -2.18. The fraction of sp³-hybridized carbons (Fsp3) is 0.417. The van der Waals surface area contributed by atoms with Gasteiger partial charge in [-0.1, -0.05) is 30.3 Å². The van der Waals surface area contributed by atoms with Gasteiger partial charge in [0.1, 0.15) is 0 Å². The highest BCUT2D eigenvalue weighted by Crippen LogP contribution is 2.29. The Kier molecular flexibility index (Phi) is 3.41. The van der Waals surface area contributed by atoms with Gasteiger partial charge in [-0.25, -0.2) is 4.79 Å². The SMILES string of the molecule is COC(=O)O[C@H]1[N]CC[C@@H]1c1ccccc1. The molecule has 2 rings (SSSR count). The largest absolute Gasteiger partial charge is 0.509 e. The van der Waals surface area contributed by atoms with Crippen LogP contribution < -0.4 is 5.32 Å². The van der Waals surface area contributed by atoms with Crippen LogP contribution in [0.3, 0.4) is 0 Å². The Balaban J connectivity index is 2.06. The molecule has 1 saturated heterocycles. The summed E-state index contributed by atoms with van der Waals surface area (Å²) in [5.74, 6) is 0.153. The maximum atomic E-state index is 11.0. The molecule has 16 heavy (non-hydrogen) atoms. The van der Waals surface area contributed by atoms with Crippen LogP contribution in [0.25, 0.3) is 0 Å². The van der Waals surface area contributed by atoms with Crippen LogP contribution in [-0.2, 0) is 9.47 Å². The molecule has 0 aliphatic carbocycles. The second kappa shape index (κ2) is 4.99. The zero-order valence-corrected chi connectivity index (χ0v) is 9.13. The number of hydrogen-bond acceptors (Lipinski definition) is 3.